The van der Waals surface area contributed by atoms with Gasteiger partial charge < -0.3 is 0 Å². The molecular formula is C20H22N2O. The SMILES string of the molecule is CC(=NNC(=O)C1C2CCCCC21)c1ccc2ccccc2c1. The second-order valence-corrected chi connectivity index (χ2v) is 6.87. The molecule has 2 fully saturated rings. The third kappa shape index (κ3) is 2.76. The topological polar surface area (TPSA) is 41.5 Å². The van der Waals surface area contributed by atoms with E-state index in [1.165, 1.54) is 36.5 Å². The number of benzene rings is 2. The van der Waals surface area contributed by atoms with Crippen molar-refractivity contribution in [2.24, 2.45) is 22.9 Å². The summed E-state index contributed by atoms with van der Waals surface area (Å²) in [5, 5.41) is 6.75. The zero-order valence-corrected chi connectivity index (χ0v) is 13.5. The van der Waals surface area contributed by atoms with Crippen molar-refractivity contribution in [3.8, 4) is 0 Å². The third-order valence-corrected chi connectivity index (χ3v) is 5.46. The number of hydrogen-bond donors (Lipinski definition) is 1. The Labute approximate surface area is 136 Å². The Hall–Kier alpha value is -2.16. The molecule has 0 spiro atoms. The highest BCUT2D eigenvalue weighted by atomic mass is 16.2. The van der Waals surface area contributed by atoms with E-state index in [-0.39, 0.29) is 11.8 Å². The molecule has 3 nitrogen and oxygen atoms in total. The molecule has 2 aromatic carbocycles. The van der Waals surface area contributed by atoms with Crippen molar-refractivity contribution in [2.45, 2.75) is 32.6 Å². The minimum Gasteiger partial charge on any atom is -0.273 e. The fourth-order valence-electron chi connectivity index (χ4n) is 4.07. The van der Waals surface area contributed by atoms with Crippen LogP contribution in [0.1, 0.15) is 38.2 Å². The van der Waals surface area contributed by atoms with Crippen molar-refractivity contribution in [3.05, 3.63) is 48.0 Å². The van der Waals surface area contributed by atoms with Gasteiger partial charge in [-0.05, 0) is 54.0 Å². The van der Waals surface area contributed by atoms with Crippen molar-refractivity contribution >= 4 is 22.4 Å². The maximum atomic E-state index is 12.3. The second-order valence-electron chi connectivity index (χ2n) is 6.87. The van der Waals surface area contributed by atoms with E-state index < -0.39 is 0 Å². The standard InChI is InChI=1S/C20H22N2O/c1-13(15-11-10-14-6-2-3-7-16(14)12-15)21-22-20(23)19-17-8-4-5-9-18(17)19/h2-3,6-7,10-12,17-19H,4-5,8-9H2,1H3,(H,22,23). The van der Waals surface area contributed by atoms with E-state index in [2.05, 4.69) is 40.9 Å². The predicted molar refractivity (Wildman–Crippen MR) is 93.2 cm³/mol. The van der Waals surface area contributed by atoms with Crippen LogP contribution in [0.5, 0.6) is 0 Å². The molecule has 0 radical (unpaired) electrons. The van der Waals surface area contributed by atoms with E-state index in [0.717, 1.165) is 11.3 Å². The van der Waals surface area contributed by atoms with Crippen molar-refractivity contribution in [1.82, 2.24) is 5.43 Å². The fourth-order valence-corrected chi connectivity index (χ4v) is 4.07. The minimum absolute atomic E-state index is 0.113. The Bertz CT molecular complexity index is 768. The Morgan fingerprint density at radius 1 is 1.04 bits per heavy atom. The van der Waals surface area contributed by atoms with E-state index in [4.69, 9.17) is 0 Å². The summed E-state index contributed by atoms with van der Waals surface area (Å²) in [7, 11) is 0. The van der Waals surface area contributed by atoms with Gasteiger partial charge in [-0.3, -0.25) is 4.79 Å². The first-order valence-corrected chi connectivity index (χ1v) is 8.57. The average molecular weight is 306 g/mol. The predicted octanol–water partition coefficient (Wildman–Crippen LogP) is 4.12. The molecule has 4 rings (SSSR count). The summed E-state index contributed by atoms with van der Waals surface area (Å²) < 4.78 is 0. The minimum atomic E-state index is 0.113. The molecule has 0 bridgehead atoms. The number of carbonyl (C=O) groups excluding carboxylic acids is 1. The van der Waals surface area contributed by atoms with Gasteiger partial charge in [0.05, 0.1) is 5.71 Å². The van der Waals surface area contributed by atoms with Crippen LogP contribution in [0.15, 0.2) is 47.6 Å². The molecule has 0 aliphatic heterocycles. The molecule has 2 unspecified atom stereocenters. The largest absolute Gasteiger partial charge is 0.273 e. The van der Waals surface area contributed by atoms with Gasteiger partial charge in [0.15, 0.2) is 0 Å². The first-order chi connectivity index (χ1) is 11.2. The molecule has 2 atom stereocenters. The number of hydrazone groups is 1. The summed E-state index contributed by atoms with van der Waals surface area (Å²) in [5.74, 6) is 1.58. The van der Waals surface area contributed by atoms with Crippen molar-refractivity contribution in [3.63, 3.8) is 0 Å². The van der Waals surface area contributed by atoms with Crippen LogP contribution in [-0.4, -0.2) is 11.6 Å². The van der Waals surface area contributed by atoms with E-state index in [1.54, 1.807) is 0 Å². The molecule has 1 N–H and O–H groups in total. The Morgan fingerprint density at radius 2 is 1.74 bits per heavy atom. The smallest absolute Gasteiger partial charge is 0.243 e. The molecule has 0 saturated heterocycles. The quantitative estimate of drug-likeness (QED) is 0.672. The molecule has 2 aliphatic rings. The van der Waals surface area contributed by atoms with Crippen molar-refractivity contribution < 1.29 is 4.79 Å². The summed E-state index contributed by atoms with van der Waals surface area (Å²) in [6.45, 7) is 1.95. The first kappa shape index (κ1) is 14.4. The number of rotatable bonds is 3. The Balaban J connectivity index is 1.46. The summed E-state index contributed by atoms with van der Waals surface area (Å²) in [4.78, 5) is 12.3. The molecule has 2 saturated carbocycles. The van der Waals surface area contributed by atoms with Crippen LogP contribution in [0.4, 0.5) is 0 Å². The van der Waals surface area contributed by atoms with E-state index >= 15 is 0 Å². The fraction of sp³-hybridized carbons (Fsp3) is 0.400. The van der Waals surface area contributed by atoms with Gasteiger partial charge in [-0.25, -0.2) is 5.43 Å². The number of fused-ring (bicyclic) bond motifs is 2. The zero-order valence-electron chi connectivity index (χ0n) is 13.5. The van der Waals surface area contributed by atoms with Crippen molar-refractivity contribution in [1.29, 1.82) is 0 Å². The van der Waals surface area contributed by atoms with Gasteiger partial charge in [0.1, 0.15) is 0 Å². The van der Waals surface area contributed by atoms with Gasteiger partial charge in [-0.2, -0.15) is 5.10 Å². The molecule has 3 heteroatoms. The number of nitrogens with one attached hydrogen (secondary N) is 1. The molecular weight excluding hydrogens is 284 g/mol. The Morgan fingerprint density at radius 3 is 2.48 bits per heavy atom. The molecule has 2 aliphatic carbocycles. The van der Waals surface area contributed by atoms with Gasteiger partial charge >= 0.3 is 0 Å². The zero-order chi connectivity index (χ0) is 15.8. The summed E-state index contributed by atoms with van der Waals surface area (Å²) in [6.07, 6.45) is 5.00. The van der Waals surface area contributed by atoms with Crippen molar-refractivity contribution in [2.75, 3.05) is 0 Å². The number of hydrogen-bond acceptors (Lipinski definition) is 2. The normalized spacial score (nSPS) is 26.7. The number of amides is 1. The highest BCUT2D eigenvalue weighted by Crippen LogP contribution is 2.55. The third-order valence-electron chi connectivity index (χ3n) is 5.46. The van der Waals surface area contributed by atoms with Gasteiger partial charge in [-0.15, -0.1) is 0 Å². The summed E-state index contributed by atoms with van der Waals surface area (Å²) >= 11 is 0. The van der Waals surface area contributed by atoms with Gasteiger partial charge in [-0.1, -0.05) is 49.2 Å². The van der Waals surface area contributed by atoms with Crippen LogP contribution in [0.2, 0.25) is 0 Å². The average Bonchev–Trinajstić information content (AvgIpc) is 3.33. The molecule has 118 valence electrons. The van der Waals surface area contributed by atoms with Crippen LogP contribution in [0.3, 0.4) is 0 Å². The lowest BCUT2D eigenvalue weighted by Gasteiger charge is -2.04. The first-order valence-electron chi connectivity index (χ1n) is 8.57. The van der Waals surface area contributed by atoms with Crippen LogP contribution < -0.4 is 5.43 Å². The second kappa shape index (κ2) is 5.80. The highest BCUT2D eigenvalue weighted by Gasteiger charge is 2.54. The monoisotopic (exact) mass is 306 g/mol. The van der Waals surface area contributed by atoms with E-state index in [1.807, 2.05) is 19.1 Å². The summed E-state index contributed by atoms with van der Waals surface area (Å²) in [6, 6.07) is 14.6. The van der Waals surface area contributed by atoms with Gasteiger partial charge in [0.2, 0.25) is 5.91 Å². The maximum absolute atomic E-state index is 12.3. The van der Waals surface area contributed by atoms with Crippen LogP contribution >= 0.6 is 0 Å². The van der Waals surface area contributed by atoms with Crippen LogP contribution in [0, 0.1) is 17.8 Å². The lowest BCUT2D eigenvalue weighted by Crippen LogP contribution is -2.22. The van der Waals surface area contributed by atoms with Crippen LogP contribution in [-0.2, 0) is 4.79 Å². The van der Waals surface area contributed by atoms with E-state index in [0.29, 0.717) is 11.8 Å². The lowest BCUT2D eigenvalue weighted by atomic mass is 10.0. The number of nitrogens with zero attached hydrogens (tertiary/aromatic N) is 1. The number of carbonyl (C=O) groups is 1. The molecule has 0 aromatic heterocycles. The van der Waals surface area contributed by atoms with E-state index in [9.17, 15) is 4.79 Å². The molecule has 2 aromatic rings. The molecule has 23 heavy (non-hydrogen) atoms. The van der Waals surface area contributed by atoms with Gasteiger partial charge in [0, 0.05) is 5.92 Å². The van der Waals surface area contributed by atoms with Gasteiger partial charge in [0.25, 0.3) is 0 Å². The Kier molecular flexibility index (Phi) is 3.64. The molecule has 0 heterocycles. The molecule has 1 amide bonds. The lowest BCUT2D eigenvalue weighted by molar-refractivity contribution is -0.122. The highest BCUT2D eigenvalue weighted by molar-refractivity contribution is 6.02. The maximum Gasteiger partial charge on any atom is 0.243 e. The summed E-state index contributed by atoms with van der Waals surface area (Å²) in [5.41, 5.74) is 4.70. The van der Waals surface area contributed by atoms with Crippen LogP contribution in [0.25, 0.3) is 10.8 Å².